The average Bonchev–Trinajstić information content (AvgIpc) is 2.97. The van der Waals surface area contributed by atoms with Crippen LogP contribution in [0.2, 0.25) is 0 Å². The molecule has 0 amide bonds. The number of nitrogens with one attached hydrogen (secondary N) is 3. The van der Waals surface area contributed by atoms with Crippen LogP contribution in [0.25, 0.3) is 0 Å². The number of hydrogen-bond acceptors (Lipinski definition) is 7. The molecule has 0 heterocycles. The summed E-state index contributed by atoms with van der Waals surface area (Å²) in [5.41, 5.74) is 3.35. The van der Waals surface area contributed by atoms with Crippen molar-refractivity contribution in [3.05, 3.63) is 102 Å². The van der Waals surface area contributed by atoms with E-state index in [2.05, 4.69) is 14.8 Å². The van der Waals surface area contributed by atoms with E-state index in [4.69, 9.17) is 9.47 Å². The Hall–Kier alpha value is -4.35. The number of carbonyl (C=O) groups excluding carboxylic acids is 1. The monoisotopic (exact) mass is 607 g/mol. The molecule has 4 rings (SSSR count). The normalized spacial score (nSPS) is 11.8. The van der Waals surface area contributed by atoms with Crippen LogP contribution >= 0.6 is 0 Å². The number of rotatable bonds is 12. The van der Waals surface area contributed by atoms with Crippen molar-refractivity contribution in [3.8, 4) is 11.5 Å². The Bertz CT molecular complexity index is 1690. The van der Waals surface area contributed by atoms with Gasteiger partial charge in [-0.1, -0.05) is 42.3 Å². The van der Waals surface area contributed by atoms with Gasteiger partial charge in [0.15, 0.2) is 0 Å². The van der Waals surface area contributed by atoms with Gasteiger partial charge in [0.2, 0.25) is 0 Å². The number of esters is 1. The second kappa shape index (κ2) is 13.5. The van der Waals surface area contributed by atoms with Crippen LogP contribution in [0.4, 0.5) is 17.1 Å². The first-order chi connectivity index (χ1) is 20.1. The molecule has 4 aromatic carbocycles. The van der Waals surface area contributed by atoms with Gasteiger partial charge in [0, 0.05) is 12.6 Å². The van der Waals surface area contributed by atoms with E-state index in [-0.39, 0.29) is 16.1 Å². The summed E-state index contributed by atoms with van der Waals surface area (Å²) in [6.45, 7) is 6.54. The zero-order valence-corrected chi connectivity index (χ0v) is 25.4. The van der Waals surface area contributed by atoms with E-state index in [1.54, 1.807) is 36.4 Å². The van der Waals surface area contributed by atoms with Gasteiger partial charge in [0.05, 0.1) is 39.5 Å². The van der Waals surface area contributed by atoms with Crippen LogP contribution in [0.5, 0.6) is 11.5 Å². The molecule has 0 aliphatic heterocycles. The van der Waals surface area contributed by atoms with Crippen molar-refractivity contribution in [2.75, 3.05) is 28.4 Å². The second-order valence-electron chi connectivity index (χ2n) is 9.54. The van der Waals surface area contributed by atoms with Crippen molar-refractivity contribution in [3.63, 3.8) is 0 Å². The highest BCUT2D eigenvalue weighted by atomic mass is 32.2. The van der Waals surface area contributed by atoms with Gasteiger partial charge in [-0.05, 0) is 74.9 Å². The lowest BCUT2D eigenvalue weighted by Gasteiger charge is -2.16. The summed E-state index contributed by atoms with van der Waals surface area (Å²) < 4.78 is 55.3. The van der Waals surface area contributed by atoms with Crippen LogP contribution in [0.15, 0.2) is 94.7 Å². The predicted molar refractivity (Wildman–Crippen MR) is 166 cm³/mol. The fourth-order valence-corrected chi connectivity index (χ4v) is 5.87. The van der Waals surface area contributed by atoms with Crippen molar-refractivity contribution in [1.82, 2.24) is 0 Å². The molecule has 0 aliphatic carbocycles. The summed E-state index contributed by atoms with van der Waals surface area (Å²) in [4.78, 5) is 13.3. The predicted octanol–water partition coefficient (Wildman–Crippen LogP) is 6.64. The minimum Gasteiger partial charge on any atom is -0.465 e. The lowest BCUT2D eigenvalue weighted by atomic mass is 10.1. The molecule has 0 saturated heterocycles. The Morgan fingerprint density at radius 3 is 2.02 bits per heavy atom. The van der Waals surface area contributed by atoms with Crippen molar-refractivity contribution in [1.29, 1.82) is 0 Å². The van der Waals surface area contributed by atoms with Gasteiger partial charge < -0.3 is 14.8 Å². The van der Waals surface area contributed by atoms with Crippen molar-refractivity contribution >= 4 is 44.0 Å². The maximum atomic E-state index is 13.0. The lowest BCUT2D eigenvalue weighted by molar-refractivity contribution is 0.0601. The van der Waals surface area contributed by atoms with E-state index in [1.165, 1.54) is 31.4 Å². The molecule has 3 N–H and O–H groups in total. The lowest BCUT2D eigenvalue weighted by Crippen LogP contribution is -2.16. The Morgan fingerprint density at radius 2 is 1.40 bits per heavy atom. The van der Waals surface area contributed by atoms with Gasteiger partial charge in [-0.2, -0.15) is 0 Å². The number of ether oxygens (including phenoxy) is 2. The van der Waals surface area contributed by atoms with E-state index in [1.807, 2.05) is 45.0 Å². The molecule has 0 bridgehead atoms. The molecule has 0 spiro atoms. The zero-order chi connectivity index (χ0) is 30.3. The molecular formula is C31H33N3O6S2. The molecule has 0 fully saturated rings. The molecule has 42 heavy (non-hydrogen) atoms. The highest BCUT2D eigenvalue weighted by Gasteiger charge is 2.20. The number of sulfonamides is 1. The summed E-state index contributed by atoms with van der Waals surface area (Å²) in [6.07, 6.45) is 0.869. The number of anilines is 3. The molecule has 0 aliphatic rings. The second-order valence-corrected chi connectivity index (χ2v) is 12.4. The van der Waals surface area contributed by atoms with Crippen LogP contribution in [0.3, 0.4) is 0 Å². The van der Waals surface area contributed by atoms with Crippen LogP contribution in [-0.2, 0) is 25.7 Å². The highest BCUT2D eigenvalue weighted by molar-refractivity contribution is 7.92. The van der Waals surface area contributed by atoms with Crippen LogP contribution in [-0.4, -0.2) is 32.3 Å². The topological polar surface area (TPSA) is 123 Å². The average molecular weight is 608 g/mol. The zero-order valence-electron chi connectivity index (χ0n) is 23.8. The van der Waals surface area contributed by atoms with Crippen molar-refractivity contribution in [2.45, 2.75) is 37.0 Å². The minimum atomic E-state index is -3.96. The van der Waals surface area contributed by atoms with Gasteiger partial charge in [-0.3, -0.25) is 9.44 Å². The van der Waals surface area contributed by atoms with E-state index in [0.29, 0.717) is 34.3 Å². The van der Waals surface area contributed by atoms with E-state index in [0.717, 1.165) is 17.5 Å². The molecule has 1 atom stereocenters. The molecule has 0 saturated carbocycles. The minimum absolute atomic E-state index is 0.0122. The summed E-state index contributed by atoms with van der Waals surface area (Å²) in [5.74, 6) is 0.00799. The van der Waals surface area contributed by atoms with Crippen LogP contribution in [0.1, 0.15) is 34.8 Å². The first-order valence-corrected chi connectivity index (χ1v) is 15.9. The van der Waals surface area contributed by atoms with E-state index < -0.39 is 27.0 Å². The molecule has 4 aromatic rings. The summed E-state index contributed by atoms with van der Waals surface area (Å²) >= 11 is 0. The Labute approximate surface area is 248 Å². The Balaban J connectivity index is 1.59. The highest BCUT2D eigenvalue weighted by Crippen LogP contribution is 2.33. The molecular weight excluding hydrogens is 574 g/mol. The number of carbonyl (C=O) groups is 1. The first-order valence-electron chi connectivity index (χ1n) is 13.2. The third-order valence-corrected chi connectivity index (χ3v) is 8.69. The van der Waals surface area contributed by atoms with E-state index in [9.17, 15) is 17.4 Å². The summed E-state index contributed by atoms with van der Waals surface area (Å²) in [6, 6.07) is 23.5. The summed E-state index contributed by atoms with van der Waals surface area (Å²) in [5, 5.41) is 3.32. The maximum absolute atomic E-state index is 13.0. The van der Waals surface area contributed by atoms with Crippen LogP contribution < -0.4 is 19.5 Å². The number of hydrogen-bond donors (Lipinski definition) is 3. The van der Waals surface area contributed by atoms with Crippen molar-refractivity contribution < 1.29 is 26.9 Å². The van der Waals surface area contributed by atoms with Gasteiger partial charge in [0.1, 0.15) is 22.5 Å². The smallest absolute Gasteiger partial charge is 0.340 e. The SMILES string of the molecule is CCCNc1cc(Oc2ccc(NS(=O)(=O)c3ccc(C)cc3)c(C(=O)OC)c2)ccc1NS(=O)c1ccc(C)cc1. The Morgan fingerprint density at radius 1 is 0.810 bits per heavy atom. The Kier molecular flexibility index (Phi) is 9.87. The fourth-order valence-electron chi connectivity index (χ4n) is 3.91. The standard InChI is InChI=1S/C31H33N3O6S2/c1-5-18-32-30-20-24(11-17-29(30)33-41(36)25-12-6-21(2)7-13-25)40-23-10-16-28(27(19-23)31(35)39-4)34-42(37,38)26-14-8-22(3)9-15-26/h6-17,19-20,32-34H,5,18H2,1-4H3. The fraction of sp³-hybridized carbons (Fsp3) is 0.194. The van der Waals surface area contributed by atoms with E-state index >= 15 is 0 Å². The van der Waals surface area contributed by atoms with Gasteiger partial charge in [-0.15, -0.1) is 0 Å². The molecule has 11 heteroatoms. The quantitative estimate of drug-likeness (QED) is 0.154. The van der Waals surface area contributed by atoms with Gasteiger partial charge in [-0.25, -0.2) is 17.4 Å². The molecule has 220 valence electrons. The number of benzene rings is 4. The van der Waals surface area contributed by atoms with Crippen molar-refractivity contribution in [2.24, 2.45) is 0 Å². The third-order valence-electron chi connectivity index (χ3n) is 6.20. The summed E-state index contributed by atoms with van der Waals surface area (Å²) in [7, 11) is -4.22. The molecule has 0 aromatic heterocycles. The first kappa shape index (κ1) is 30.6. The molecule has 1 unspecified atom stereocenters. The number of methoxy groups -OCH3 is 1. The van der Waals surface area contributed by atoms with Gasteiger partial charge >= 0.3 is 5.97 Å². The largest absolute Gasteiger partial charge is 0.465 e. The molecule has 0 radical (unpaired) electrons. The molecule has 9 nitrogen and oxygen atoms in total. The van der Waals surface area contributed by atoms with Gasteiger partial charge in [0.25, 0.3) is 10.0 Å². The third kappa shape index (κ3) is 7.68. The maximum Gasteiger partial charge on any atom is 0.340 e. The number of aryl methyl sites for hydroxylation is 2. The van der Waals surface area contributed by atoms with Crippen LogP contribution in [0, 0.1) is 13.8 Å².